The Kier molecular flexibility index (Phi) is 10.6. The van der Waals surface area contributed by atoms with Crippen molar-refractivity contribution in [1.29, 1.82) is 0 Å². The summed E-state index contributed by atoms with van der Waals surface area (Å²) in [5, 5.41) is 0. The monoisotopic (exact) mass is 387 g/mol. The molecule has 4 heteroatoms. The Balaban J connectivity index is 1.63. The standard InChI is InChI=1S/C24H41N3O/c1-2-3-4-5-6-7-8-9-10-11-13-20-15-17-21(18-16-20)24(28)27-19-12-14-22(27)23(25)26/h15-18,22-23H,2-14,19,25-26H2,1H3/t22-/m1/s1. The van der Waals surface area contributed by atoms with Gasteiger partial charge >= 0.3 is 0 Å². The van der Waals surface area contributed by atoms with Crippen LogP contribution in [-0.4, -0.2) is 29.6 Å². The minimum absolute atomic E-state index is 0.0289. The number of carbonyl (C=O) groups is 1. The lowest BCUT2D eigenvalue weighted by molar-refractivity contribution is 0.0718. The Morgan fingerprint density at radius 3 is 2.11 bits per heavy atom. The van der Waals surface area contributed by atoms with Gasteiger partial charge in [0.25, 0.3) is 5.91 Å². The van der Waals surface area contributed by atoms with E-state index in [1.807, 2.05) is 17.0 Å². The van der Waals surface area contributed by atoms with Gasteiger partial charge in [0.05, 0.1) is 12.2 Å². The Hall–Kier alpha value is -1.39. The van der Waals surface area contributed by atoms with Gasteiger partial charge < -0.3 is 16.4 Å². The molecular weight excluding hydrogens is 346 g/mol. The van der Waals surface area contributed by atoms with Gasteiger partial charge in [0.1, 0.15) is 0 Å². The SMILES string of the molecule is CCCCCCCCCCCCc1ccc(C(=O)N2CCC[C@@H]2C(N)N)cc1. The van der Waals surface area contributed by atoms with E-state index in [1.54, 1.807) is 0 Å². The van der Waals surface area contributed by atoms with Crippen LogP contribution in [0.4, 0.5) is 0 Å². The summed E-state index contributed by atoms with van der Waals surface area (Å²) in [6.07, 6.45) is 16.1. The number of nitrogens with two attached hydrogens (primary N) is 2. The van der Waals surface area contributed by atoms with Crippen LogP contribution in [0.2, 0.25) is 0 Å². The van der Waals surface area contributed by atoms with Crippen molar-refractivity contribution in [1.82, 2.24) is 4.90 Å². The van der Waals surface area contributed by atoms with Crippen LogP contribution in [0.15, 0.2) is 24.3 Å². The predicted octanol–water partition coefficient (Wildman–Crippen LogP) is 5.00. The number of unbranched alkanes of at least 4 members (excludes halogenated alkanes) is 9. The van der Waals surface area contributed by atoms with Crippen molar-refractivity contribution >= 4 is 5.91 Å². The molecule has 1 amide bonds. The van der Waals surface area contributed by atoms with E-state index in [0.717, 1.165) is 31.4 Å². The average Bonchev–Trinajstić information content (AvgIpc) is 3.19. The average molecular weight is 388 g/mol. The molecule has 0 aliphatic carbocycles. The molecule has 2 rings (SSSR count). The van der Waals surface area contributed by atoms with Crippen molar-refractivity contribution in [2.75, 3.05) is 6.54 Å². The fourth-order valence-electron chi connectivity index (χ4n) is 4.24. The third-order valence-electron chi connectivity index (χ3n) is 6.02. The van der Waals surface area contributed by atoms with E-state index in [1.165, 1.54) is 69.8 Å². The van der Waals surface area contributed by atoms with Gasteiger partial charge in [0.2, 0.25) is 0 Å². The summed E-state index contributed by atoms with van der Waals surface area (Å²) in [6.45, 7) is 3.03. The molecule has 4 N–H and O–H groups in total. The minimum Gasteiger partial charge on any atom is -0.333 e. The van der Waals surface area contributed by atoms with Gasteiger partial charge in [-0.1, -0.05) is 76.8 Å². The first-order valence-corrected chi connectivity index (χ1v) is 11.5. The maximum atomic E-state index is 12.7. The molecule has 1 aromatic rings. The molecule has 0 bridgehead atoms. The molecule has 1 saturated heterocycles. The summed E-state index contributed by atoms with van der Waals surface area (Å²) in [5.74, 6) is 0.0638. The van der Waals surface area contributed by atoms with E-state index in [-0.39, 0.29) is 11.9 Å². The Bertz CT molecular complexity index is 555. The third kappa shape index (κ3) is 7.56. The molecule has 0 unspecified atom stereocenters. The molecule has 1 aliphatic heterocycles. The largest absolute Gasteiger partial charge is 0.333 e. The zero-order chi connectivity index (χ0) is 20.2. The van der Waals surface area contributed by atoms with Crippen molar-refractivity contribution in [3.8, 4) is 0 Å². The van der Waals surface area contributed by atoms with E-state index in [9.17, 15) is 4.79 Å². The number of carbonyl (C=O) groups excluding carboxylic acids is 1. The molecule has 0 radical (unpaired) electrons. The van der Waals surface area contributed by atoms with Crippen molar-refractivity contribution in [3.05, 3.63) is 35.4 Å². The topological polar surface area (TPSA) is 72.3 Å². The quantitative estimate of drug-likeness (QED) is 0.369. The maximum Gasteiger partial charge on any atom is 0.254 e. The van der Waals surface area contributed by atoms with Gasteiger partial charge in [-0.15, -0.1) is 0 Å². The molecule has 0 aromatic heterocycles. The summed E-state index contributed by atoms with van der Waals surface area (Å²) in [4.78, 5) is 14.6. The van der Waals surface area contributed by atoms with Gasteiger partial charge in [-0.25, -0.2) is 0 Å². The van der Waals surface area contributed by atoms with E-state index in [4.69, 9.17) is 11.5 Å². The molecular formula is C24H41N3O. The number of benzene rings is 1. The van der Waals surface area contributed by atoms with Crippen LogP contribution in [0.25, 0.3) is 0 Å². The summed E-state index contributed by atoms with van der Waals surface area (Å²) in [6, 6.07) is 8.11. The van der Waals surface area contributed by atoms with Gasteiger partial charge in [-0.2, -0.15) is 0 Å². The second-order valence-corrected chi connectivity index (χ2v) is 8.41. The number of hydrogen-bond acceptors (Lipinski definition) is 3. The Labute approximate surface area is 172 Å². The lowest BCUT2D eigenvalue weighted by Gasteiger charge is -2.27. The minimum atomic E-state index is -0.456. The number of rotatable bonds is 13. The highest BCUT2D eigenvalue weighted by Crippen LogP contribution is 2.21. The summed E-state index contributed by atoms with van der Waals surface area (Å²) < 4.78 is 0. The van der Waals surface area contributed by atoms with E-state index in [0.29, 0.717) is 0 Å². The second-order valence-electron chi connectivity index (χ2n) is 8.41. The van der Waals surface area contributed by atoms with Gasteiger partial charge in [-0.05, 0) is 43.4 Å². The zero-order valence-corrected chi connectivity index (χ0v) is 17.9. The fraction of sp³-hybridized carbons (Fsp3) is 0.708. The molecule has 1 aromatic carbocycles. The molecule has 4 nitrogen and oxygen atoms in total. The lowest BCUT2D eigenvalue weighted by atomic mass is 10.0. The summed E-state index contributed by atoms with van der Waals surface area (Å²) in [5.41, 5.74) is 13.7. The highest BCUT2D eigenvalue weighted by molar-refractivity contribution is 5.94. The maximum absolute atomic E-state index is 12.7. The van der Waals surface area contributed by atoms with Crippen molar-refractivity contribution in [3.63, 3.8) is 0 Å². The molecule has 1 atom stereocenters. The van der Waals surface area contributed by atoms with Crippen LogP contribution in [0.1, 0.15) is 99.9 Å². The first-order chi connectivity index (χ1) is 13.6. The first-order valence-electron chi connectivity index (χ1n) is 11.5. The third-order valence-corrected chi connectivity index (χ3v) is 6.02. The second kappa shape index (κ2) is 12.9. The van der Waals surface area contributed by atoms with E-state index < -0.39 is 6.17 Å². The van der Waals surface area contributed by atoms with Crippen LogP contribution >= 0.6 is 0 Å². The summed E-state index contributed by atoms with van der Waals surface area (Å²) >= 11 is 0. The van der Waals surface area contributed by atoms with Crippen LogP contribution in [0, 0.1) is 0 Å². The molecule has 158 valence electrons. The number of amides is 1. The molecule has 1 fully saturated rings. The predicted molar refractivity (Wildman–Crippen MR) is 118 cm³/mol. The molecule has 0 saturated carbocycles. The van der Waals surface area contributed by atoms with E-state index in [2.05, 4.69) is 19.1 Å². The number of likely N-dealkylation sites (tertiary alicyclic amines) is 1. The van der Waals surface area contributed by atoms with Crippen LogP contribution in [0.3, 0.4) is 0 Å². The number of nitrogens with zero attached hydrogens (tertiary/aromatic N) is 1. The van der Waals surface area contributed by atoms with Crippen molar-refractivity contribution in [2.24, 2.45) is 11.5 Å². The number of aryl methyl sites for hydroxylation is 1. The lowest BCUT2D eigenvalue weighted by Crippen LogP contribution is -2.51. The van der Waals surface area contributed by atoms with Crippen LogP contribution in [0.5, 0.6) is 0 Å². The van der Waals surface area contributed by atoms with Crippen LogP contribution < -0.4 is 11.5 Å². The first kappa shape index (κ1) is 22.9. The fourth-order valence-corrected chi connectivity index (χ4v) is 4.24. The van der Waals surface area contributed by atoms with Gasteiger partial charge in [0, 0.05) is 12.1 Å². The highest BCUT2D eigenvalue weighted by Gasteiger charge is 2.31. The van der Waals surface area contributed by atoms with Crippen molar-refractivity contribution in [2.45, 2.75) is 103 Å². The number of hydrogen-bond donors (Lipinski definition) is 2. The Morgan fingerprint density at radius 2 is 1.54 bits per heavy atom. The smallest absolute Gasteiger partial charge is 0.254 e. The van der Waals surface area contributed by atoms with Gasteiger partial charge in [0.15, 0.2) is 0 Å². The Morgan fingerprint density at radius 1 is 0.964 bits per heavy atom. The molecule has 1 heterocycles. The zero-order valence-electron chi connectivity index (χ0n) is 17.9. The summed E-state index contributed by atoms with van der Waals surface area (Å²) in [7, 11) is 0. The highest BCUT2D eigenvalue weighted by atomic mass is 16.2. The molecule has 0 spiro atoms. The normalized spacial score (nSPS) is 16.9. The van der Waals surface area contributed by atoms with Crippen molar-refractivity contribution < 1.29 is 4.79 Å². The van der Waals surface area contributed by atoms with E-state index >= 15 is 0 Å². The molecule has 28 heavy (non-hydrogen) atoms. The van der Waals surface area contributed by atoms with Gasteiger partial charge in [-0.3, -0.25) is 4.79 Å². The molecule has 1 aliphatic rings. The van der Waals surface area contributed by atoms with Crippen LogP contribution in [-0.2, 0) is 6.42 Å².